The average Bonchev–Trinajstić information content (AvgIpc) is 2.18. The lowest BCUT2D eigenvalue weighted by molar-refractivity contribution is 0.154. The zero-order valence-electron chi connectivity index (χ0n) is 9.52. The van der Waals surface area contributed by atoms with Crippen molar-refractivity contribution in [3.63, 3.8) is 0 Å². The fourth-order valence-electron chi connectivity index (χ4n) is 1.78. The van der Waals surface area contributed by atoms with E-state index in [-0.39, 0.29) is 12.3 Å². The largest absolute Gasteiger partial charge is 0.329 e. The Morgan fingerprint density at radius 2 is 1.73 bits per heavy atom. The van der Waals surface area contributed by atoms with Crippen LogP contribution < -0.4 is 5.73 Å². The number of nitrogens with two attached hydrogens (primary N) is 1. The highest BCUT2D eigenvalue weighted by Gasteiger charge is 2.26. The molecule has 0 saturated carbocycles. The van der Waals surface area contributed by atoms with Crippen LogP contribution in [-0.4, -0.2) is 62.1 Å². The fraction of sp³-hybridized carbons (Fsp3) is 1.00. The van der Waals surface area contributed by atoms with Crippen molar-refractivity contribution in [3.05, 3.63) is 0 Å². The highest BCUT2D eigenvalue weighted by Crippen LogP contribution is 2.09. The molecule has 0 atom stereocenters. The van der Waals surface area contributed by atoms with Gasteiger partial charge in [-0.05, 0) is 13.8 Å². The SMILES string of the molecule is CC(C)N1CCN(S(=O)(=O)CCN)CC1. The smallest absolute Gasteiger partial charge is 0.215 e. The Morgan fingerprint density at radius 1 is 1.20 bits per heavy atom. The van der Waals surface area contributed by atoms with Crippen molar-refractivity contribution in [2.45, 2.75) is 19.9 Å². The summed E-state index contributed by atoms with van der Waals surface area (Å²) in [7, 11) is -3.10. The molecule has 0 aromatic heterocycles. The maximum absolute atomic E-state index is 11.7. The van der Waals surface area contributed by atoms with Crippen LogP contribution in [0.2, 0.25) is 0 Å². The molecule has 90 valence electrons. The first kappa shape index (κ1) is 12.9. The third kappa shape index (κ3) is 3.41. The van der Waals surface area contributed by atoms with Crippen LogP contribution in [0.3, 0.4) is 0 Å². The lowest BCUT2D eigenvalue weighted by Crippen LogP contribution is -2.51. The molecule has 0 unspecified atom stereocenters. The summed E-state index contributed by atoms with van der Waals surface area (Å²) in [6.45, 7) is 7.30. The summed E-state index contributed by atoms with van der Waals surface area (Å²) in [6.07, 6.45) is 0. The molecule has 15 heavy (non-hydrogen) atoms. The topological polar surface area (TPSA) is 66.6 Å². The van der Waals surface area contributed by atoms with E-state index >= 15 is 0 Å². The van der Waals surface area contributed by atoms with E-state index in [1.54, 1.807) is 4.31 Å². The Bertz CT molecular complexity index is 282. The van der Waals surface area contributed by atoms with Gasteiger partial charge in [-0.25, -0.2) is 8.42 Å². The summed E-state index contributed by atoms with van der Waals surface area (Å²) in [5.41, 5.74) is 5.28. The molecule has 6 heteroatoms. The minimum atomic E-state index is -3.10. The van der Waals surface area contributed by atoms with E-state index in [0.717, 1.165) is 13.1 Å². The Morgan fingerprint density at radius 3 is 2.13 bits per heavy atom. The van der Waals surface area contributed by atoms with Crippen molar-refractivity contribution in [1.29, 1.82) is 0 Å². The number of sulfonamides is 1. The van der Waals surface area contributed by atoms with Gasteiger partial charge in [-0.1, -0.05) is 0 Å². The van der Waals surface area contributed by atoms with E-state index in [4.69, 9.17) is 5.73 Å². The number of hydrogen-bond acceptors (Lipinski definition) is 4. The number of piperazine rings is 1. The first-order valence-electron chi connectivity index (χ1n) is 5.39. The van der Waals surface area contributed by atoms with Gasteiger partial charge in [0.15, 0.2) is 0 Å². The molecule has 0 amide bonds. The zero-order chi connectivity index (χ0) is 11.5. The molecule has 0 aromatic carbocycles. The van der Waals surface area contributed by atoms with Gasteiger partial charge < -0.3 is 5.73 Å². The molecular formula is C9H21N3O2S. The summed E-state index contributed by atoms with van der Waals surface area (Å²) in [6, 6.07) is 0.490. The van der Waals surface area contributed by atoms with Crippen molar-refractivity contribution >= 4 is 10.0 Å². The second-order valence-electron chi connectivity index (χ2n) is 4.13. The van der Waals surface area contributed by atoms with Gasteiger partial charge in [-0.3, -0.25) is 4.90 Å². The minimum absolute atomic E-state index is 0.0642. The van der Waals surface area contributed by atoms with Crippen molar-refractivity contribution < 1.29 is 8.42 Å². The van der Waals surface area contributed by atoms with Gasteiger partial charge in [-0.2, -0.15) is 4.31 Å². The average molecular weight is 235 g/mol. The first-order valence-corrected chi connectivity index (χ1v) is 7.00. The summed E-state index contributed by atoms with van der Waals surface area (Å²) < 4.78 is 24.9. The van der Waals surface area contributed by atoms with Gasteiger partial charge in [-0.15, -0.1) is 0 Å². The molecule has 0 bridgehead atoms. The van der Waals surface area contributed by atoms with Gasteiger partial charge >= 0.3 is 0 Å². The molecule has 1 aliphatic heterocycles. The van der Waals surface area contributed by atoms with Crippen molar-refractivity contribution in [1.82, 2.24) is 9.21 Å². The second kappa shape index (κ2) is 5.25. The zero-order valence-corrected chi connectivity index (χ0v) is 10.3. The summed E-state index contributed by atoms with van der Waals surface area (Å²) in [4.78, 5) is 2.29. The van der Waals surface area contributed by atoms with Crippen LogP contribution in [-0.2, 0) is 10.0 Å². The van der Waals surface area contributed by atoms with E-state index in [2.05, 4.69) is 18.7 Å². The molecule has 5 nitrogen and oxygen atoms in total. The van der Waals surface area contributed by atoms with Gasteiger partial charge in [0.05, 0.1) is 5.75 Å². The number of rotatable bonds is 4. The quantitative estimate of drug-likeness (QED) is 0.700. The van der Waals surface area contributed by atoms with Crippen LogP contribution >= 0.6 is 0 Å². The van der Waals surface area contributed by atoms with Crippen LogP contribution in [0.1, 0.15) is 13.8 Å². The lowest BCUT2D eigenvalue weighted by Gasteiger charge is -2.36. The van der Waals surface area contributed by atoms with Gasteiger partial charge in [0.25, 0.3) is 0 Å². The Labute approximate surface area is 92.3 Å². The molecule has 0 spiro atoms. The third-order valence-electron chi connectivity index (χ3n) is 2.77. The van der Waals surface area contributed by atoms with E-state index in [9.17, 15) is 8.42 Å². The highest BCUT2D eigenvalue weighted by molar-refractivity contribution is 7.89. The molecule has 0 aromatic rings. The molecule has 1 saturated heterocycles. The highest BCUT2D eigenvalue weighted by atomic mass is 32.2. The molecule has 1 fully saturated rings. The van der Waals surface area contributed by atoms with Crippen LogP contribution in [0.5, 0.6) is 0 Å². The summed E-state index contributed by atoms with van der Waals surface area (Å²) in [5.74, 6) is 0.0642. The van der Waals surface area contributed by atoms with Gasteiger partial charge in [0, 0.05) is 38.8 Å². The molecule has 1 rings (SSSR count). The monoisotopic (exact) mass is 235 g/mol. The maximum atomic E-state index is 11.7. The van der Waals surface area contributed by atoms with Gasteiger partial charge in [0.2, 0.25) is 10.0 Å². The Kier molecular flexibility index (Phi) is 4.51. The maximum Gasteiger partial charge on any atom is 0.215 e. The predicted molar refractivity (Wildman–Crippen MR) is 61.1 cm³/mol. The molecule has 1 heterocycles. The summed E-state index contributed by atoms with van der Waals surface area (Å²) in [5, 5.41) is 0. The number of nitrogens with zero attached hydrogens (tertiary/aromatic N) is 2. The second-order valence-corrected chi connectivity index (χ2v) is 6.22. The normalized spacial score (nSPS) is 21.1. The molecule has 0 aliphatic carbocycles. The Hall–Kier alpha value is -0.170. The van der Waals surface area contributed by atoms with Crippen molar-refractivity contribution in [2.24, 2.45) is 5.73 Å². The van der Waals surface area contributed by atoms with E-state index in [0.29, 0.717) is 19.1 Å². The minimum Gasteiger partial charge on any atom is -0.329 e. The lowest BCUT2D eigenvalue weighted by atomic mass is 10.3. The number of hydrogen-bond donors (Lipinski definition) is 1. The summed E-state index contributed by atoms with van der Waals surface area (Å²) >= 11 is 0. The van der Waals surface area contributed by atoms with E-state index in [1.807, 2.05) is 0 Å². The standard InChI is InChI=1S/C9H21N3O2S/c1-9(2)11-4-6-12(7-5-11)15(13,14)8-3-10/h9H,3-8,10H2,1-2H3. The van der Waals surface area contributed by atoms with Crippen LogP contribution in [0.15, 0.2) is 0 Å². The molecule has 2 N–H and O–H groups in total. The first-order chi connectivity index (χ1) is 6.97. The van der Waals surface area contributed by atoms with Crippen LogP contribution in [0, 0.1) is 0 Å². The van der Waals surface area contributed by atoms with Crippen LogP contribution in [0.25, 0.3) is 0 Å². The third-order valence-corrected chi connectivity index (χ3v) is 4.68. The van der Waals surface area contributed by atoms with E-state index < -0.39 is 10.0 Å². The molecular weight excluding hydrogens is 214 g/mol. The molecule has 0 radical (unpaired) electrons. The van der Waals surface area contributed by atoms with Crippen LogP contribution in [0.4, 0.5) is 0 Å². The van der Waals surface area contributed by atoms with E-state index in [1.165, 1.54) is 0 Å². The van der Waals surface area contributed by atoms with Crippen molar-refractivity contribution in [2.75, 3.05) is 38.5 Å². The Balaban J connectivity index is 2.50. The molecule has 1 aliphatic rings. The van der Waals surface area contributed by atoms with Gasteiger partial charge in [0.1, 0.15) is 0 Å². The fourth-order valence-corrected chi connectivity index (χ4v) is 3.05. The predicted octanol–water partition coefficient (Wildman–Crippen LogP) is -0.699. The van der Waals surface area contributed by atoms with Crippen molar-refractivity contribution in [3.8, 4) is 0 Å².